The minimum absolute atomic E-state index is 0.350. The predicted octanol–water partition coefficient (Wildman–Crippen LogP) is 5.17. The van der Waals surface area contributed by atoms with Crippen molar-refractivity contribution in [2.24, 2.45) is 11.8 Å². The van der Waals surface area contributed by atoms with E-state index in [1.54, 1.807) is 126 Å². The molecule has 4 N–H and O–H groups in total. The van der Waals surface area contributed by atoms with Crippen LogP contribution in [0.15, 0.2) is 97.1 Å². The van der Waals surface area contributed by atoms with E-state index in [-0.39, 0.29) is 11.8 Å². The number of hydrogen-bond donors (Lipinski definition) is 4. The summed E-state index contributed by atoms with van der Waals surface area (Å²) in [4.78, 5) is 27.8. The Hall–Kier alpha value is -5.06. The summed E-state index contributed by atoms with van der Waals surface area (Å²) < 4.78 is 21.4. The van der Waals surface area contributed by atoms with E-state index < -0.39 is 35.1 Å². The topological polar surface area (TPSA) is 136 Å². The van der Waals surface area contributed by atoms with Gasteiger partial charge in [0.1, 0.15) is 34.2 Å². The SMILES string of the molecule is COc1ccc(C(O)(c2ccc(OC)cc2)[C@H](NC(=O)C(=O)N[C@H](C(C)C)C(O)(c2ccc(OC)cc2)c2ccc(OC)cc2)C(C)C)cc1. The lowest BCUT2D eigenvalue weighted by Crippen LogP contribution is -2.60. The Morgan fingerprint density at radius 3 is 0.820 bits per heavy atom. The second-order valence-corrected chi connectivity index (χ2v) is 12.8. The van der Waals surface area contributed by atoms with Gasteiger partial charge in [-0.05, 0) is 82.6 Å². The van der Waals surface area contributed by atoms with Gasteiger partial charge in [0.25, 0.3) is 0 Å². The molecule has 0 aromatic heterocycles. The van der Waals surface area contributed by atoms with Crippen molar-refractivity contribution >= 4 is 11.8 Å². The Morgan fingerprint density at radius 2 is 0.660 bits per heavy atom. The van der Waals surface area contributed by atoms with Gasteiger partial charge >= 0.3 is 11.8 Å². The second-order valence-electron chi connectivity index (χ2n) is 12.8. The van der Waals surface area contributed by atoms with Crippen molar-refractivity contribution in [2.75, 3.05) is 28.4 Å². The number of aliphatic hydroxyl groups is 2. The summed E-state index contributed by atoms with van der Waals surface area (Å²) in [5, 5.41) is 30.9. The molecular formula is C40H48N2O8. The van der Waals surface area contributed by atoms with Crippen LogP contribution in [-0.4, -0.2) is 62.6 Å². The molecule has 0 saturated carbocycles. The summed E-state index contributed by atoms with van der Waals surface area (Å²) in [5.74, 6) is -0.266. The number of rotatable bonds is 14. The molecule has 0 aliphatic heterocycles. The maximum absolute atomic E-state index is 13.9. The lowest BCUT2D eigenvalue weighted by Gasteiger charge is -2.41. The van der Waals surface area contributed by atoms with Crippen LogP contribution in [0, 0.1) is 11.8 Å². The van der Waals surface area contributed by atoms with Crippen LogP contribution >= 0.6 is 0 Å². The third-order valence-corrected chi connectivity index (χ3v) is 9.13. The molecule has 266 valence electrons. The Bertz CT molecular complexity index is 1480. The molecule has 2 amide bonds. The highest BCUT2D eigenvalue weighted by atomic mass is 16.5. The van der Waals surface area contributed by atoms with Crippen molar-refractivity contribution in [2.45, 2.75) is 51.0 Å². The smallest absolute Gasteiger partial charge is 0.309 e. The van der Waals surface area contributed by atoms with E-state index in [2.05, 4.69) is 10.6 Å². The molecule has 50 heavy (non-hydrogen) atoms. The highest BCUT2D eigenvalue weighted by Gasteiger charge is 2.46. The molecule has 0 radical (unpaired) electrons. The van der Waals surface area contributed by atoms with Crippen LogP contribution in [0.3, 0.4) is 0 Å². The van der Waals surface area contributed by atoms with E-state index in [0.717, 1.165) is 0 Å². The molecule has 0 saturated heterocycles. The summed E-state index contributed by atoms with van der Waals surface area (Å²) in [6.45, 7) is 7.40. The standard InChI is InChI=1S/C40H48N2O8/c1-25(2)35(39(45,27-9-17-31(47-5)18-10-27)28-11-19-32(48-6)20-12-28)41-37(43)38(44)42-36(26(3)4)40(46,29-13-21-33(49-7)22-14-29)30-15-23-34(50-8)24-16-30/h9-26,35-36,45-46H,1-8H3,(H,41,43)(H,42,44)/t35-,36-/m1/s1. The molecular weight excluding hydrogens is 636 g/mol. The first-order chi connectivity index (χ1) is 23.8. The molecule has 4 aromatic carbocycles. The normalized spacial score (nSPS) is 13.0. The molecule has 0 unspecified atom stereocenters. The third-order valence-electron chi connectivity index (χ3n) is 9.13. The fourth-order valence-electron chi connectivity index (χ4n) is 6.35. The Labute approximate surface area is 294 Å². The molecule has 4 rings (SSSR count). The predicted molar refractivity (Wildman–Crippen MR) is 192 cm³/mol. The Kier molecular flexibility index (Phi) is 12.2. The highest BCUT2D eigenvalue weighted by molar-refractivity contribution is 6.35. The van der Waals surface area contributed by atoms with Crippen molar-refractivity contribution in [1.82, 2.24) is 10.6 Å². The van der Waals surface area contributed by atoms with Crippen LogP contribution in [0.5, 0.6) is 23.0 Å². The minimum Gasteiger partial charge on any atom is -0.497 e. The first-order valence-corrected chi connectivity index (χ1v) is 16.5. The Morgan fingerprint density at radius 1 is 0.460 bits per heavy atom. The molecule has 0 spiro atoms. The minimum atomic E-state index is -1.77. The van der Waals surface area contributed by atoms with Crippen LogP contribution in [0.2, 0.25) is 0 Å². The molecule has 10 heteroatoms. The van der Waals surface area contributed by atoms with Crippen LogP contribution in [0.1, 0.15) is 49.9 Å². The second kappa shape index (κ2) is 16.1. The summed E-state index contributed by atoms with van der Waals surface area (Å²) >= 11 is 0. The number of benzene rings is 4. The molecule has 0 aliphatic carbocycles. The highest BCUT2D eigenvalue weighted by Crippen LogP contribution is 2.39. The van der Waals surface area contributed by atoms with Crippen LogP contribution in [0.4, 0.5) is 0 Å². The molecule has 2 atom stereocenters. The molecule has 0 fully saturated rings. The van der Waals surface area contributed by atoms with E-state index in [1.807, 2.05) is 27.7 Å². The van der Waals surface area contributed by atoms with Gasteiger partial charge in [0.15, 0.2) is 0 Å². The monoisotopic (exact) mass is 684 g/mol. The van der Waals surface area contributed by atoms with Crippen molar-refractivity contribution in [3.63, 3.8) is 0 Å². The Balaban J connectivity index is 1.73. The van der Waals surface area contributed by atoms with E-state index in [9.17, 15) is 19.8 Å². The summed E-state index contributed by atoms with van der Waals surface area (Å²) in [6, 6.07) is 25.7. The van der Waals surface area contributed by atoms with Gasteiger partial charge in [-0.15, -0.1) is 0 Å². The van der Waals surface area contributed by atoms with Crippen LogP contribution < -0.4 is 29.6 Å². The van der Waals surface area contributed by atoms with Gasteiger partial charge < -0.3 is 39.8 Å². The zero-order valence-corrected chi connectivity index (χ0v) is 29.9. The van der Waals surface area contributed by atoms with E-state index in [1.165, 1.54) is 0 Å². The van der Waals surface area contributed by atoms with Crippen molar-refractivity contribution in [3.8, 4) is 23.0 Å². The zero-order valence-electron chi connectivity index (χ0n) is 29.9. The lowest BCUT2D eigenvalue weighted by molar-refractivity contribution is -0.142. The van der Waals surface area contributed by atoms with Gasteiger partial charge in [-0.3, -0.25) is 9.59 Å². The molecule has 0 bridgehead atoms. The number of ether oxygens (including phenoxy) is 4. The number of amides is 2. The number of carbonyl (C=O) groups is 2. The summed E-state index contributed by atoms with van der Waals surface area (Å²) in [5.41, 5.74) is -1.61. The summed E-state index contributed by atoms with van der Waals surface area (Å²) in [7, 11) is 6.20. The van der Waals surface area contributed by atoms with Crippen molar-refractivity contribution in [1.29, 1.82) is 0 Å². The molecule has 4 aromatic rings. The van der Waals surface area contributed by atoms with Crippen LogP contribution in [0.25, 0.3) is 0 Å². The van der Waals surface area contributed by atoms with Gasteiger partial charge in [0.2, 0.25) is 0 Å². The average Bonchev–Trinajstić information content (AvgIpc) is 3.15. The quantitative estimate of drug-likeness (QED) is 0.134. The maximum Gasteiger partial charge on any atom is 0.309 e. The number of nitrogens with one attached hydrogen (secondary N) is 2. The van der Waals surface area contributed by atoms with Gasteiger partial charge in [-0.25, -0.2) is 0 Å². The first kappa shape index (κ1) is 37.8. The fraction of sp³-hybridized carbons (Fsp3) is 0.350. The van der Waals surface area contributed by atoms with E-state index in [0.29, 0.717) is 45.3 Å². The molecule has 10 nitrogen and oxygen atoms in total. The molecule has 0 aliphatic rings. The van der Waals surface area contributed by atoms with Gasteiger partial charge in [-0.2, -0.15) is 0 Å². The van der Waals surface area contributed by atoms with Crippen LogP contribution in [-0.2, 0) is 20.8 Å². The number of hydrogen-bond acceptors (Lipinski definition) is 8. The van der Waals surface area contributed by atoms with Gasteiger partial charge in [0.05, 0.1) is 40.5 Å². The molecule has 0 heterocycles. The first-order valence-electron chi connectivity index (χ1n) is 16.5. The van der Waals surface area contributed by atoms with Gasteiger partial charge in [-0.1, -0.05) is 76.2 Å². The third kappa shape index (κ3) is 7.72. The van der Waals surface area contributed by atoms with Crippen molar-refractivity contribution < 1.29 is 38.7 Å². The fourth-order valence-corrected chi connectivity index (χ4v) is 6.35. The lowest BCUT2D eigenvalue weighted by atomic mass is 9.75. The van der Waals surface area contributed by atoms with E-state index >= 15 is 0 Å². The summed E-state index contributed by atoms with van der Waals surface area (Å²) in [6.07, 6.45) is 0. The largest absolute Gasteiger partial charge is 0.497 e. The average molecular weight is 685 g/mol. The van der Waals surface area contributed by atoms with Gasteiger partial charge in [0, 0.05) is 0 Å². The number of methoxy groups -OCH3 is 4. The number of carbonyl (C=O) groups excluding carboxylic acids is 2. The van der Waals surface area contributed by atoms with Crippen molar-refractivity contribution in [3.05, 3.63) is 119 Å². The zero-order chi connectivity index (χ0) is 36.6. The maximum atomic E-state index is 13.9. The van der Waals surface area contributed by atoms with E-state index in [4.69, 9.17) is 18.9 Å².